The van der Waals surface area contributed by atoms with Gasteiger partial charge in [-0.05, 0) is 19.4 Å². The van der Waals surface area contributed by atoms with Crippen molar-refractivity contribution in [2.45, 2.75) is 33.2 Å². The van der Waals surface area contributed by atoms with Gasteiger partial charge in [0.25, 0.3) is 0 Å². The zero-order valence-corrected chi connectivity index (χ0v) is 14.4. The summed E-state index contributed by atoms with van der Waals surface area (Å²) in [7, 11) is 0. The van der Waals surface area contributed by atoms with Gasteiger partial charge in [-0.15, -0.1) is 11.3 Å². The molecular weight excluding hydrogens is 324 g/mol. The van der Waals surface area contributed by atoms with Gasteiger partial charge in [0.15, 0.2) is 0 Å². The zero-order valence-electron chi connectivity index (χ0n) is 13.6. The molecule has 0 saturated carbocycles. The Labute approximate surface area is 143 Å². The van der Waals surface area contributed by atoms with Gasteiger partial charge in [-0.3, -0.25) is 9.97 Å². The molecule has 3 heterocycles. The van der Waals surface area contributed by atoms with E-state index in [2.05, 4.69) is 21.9 Å². The Morgan fingerprint density at radius 3 is 2.83 bits per heavy atom. The van der Waals surface area contributed by atoms with Crippen LogP contribution in [-0.4, -0.2) is 30.6 Å². The first kappa shape index (κ1) is 16.3. The van der Waals surface area contributed by atoms with E-state index in [0.717, 1.165) is 47.2 Å². The highest BCUT2D eigenvalue weighted by Gasteiger charge is 2.19. The minimum Gasteiger partial charge on any atom is -0.478 e. The number of aromatic carboxylic acids is 1. The van der Waals surface area contributed by atoms with Crippen LogP contribution in [0.25, 0.3) is 22.1 Å². The van der Waals surface area contributed by atoms with E-state index in [9.17, 15) is 9.90 Å². The lowest BCUT2D eigenvalue weighted by molar-refractivity contribution is 0.0696. The Morgan fingerprint density at radius 1 is 1.33 bits per heavy atom. The highest BCUT2D eigenvalue weighted by atomic mass is 32.1. The van der Waals surface area contributed by atoms with Crippen molar-refractivity contribution in [1.29, 1.82) is 0 Å². The van der Waals surface area contributed by atoms with Gasteiger partial charge in [0.05, 0.1) is 23.1 Å². The molecule has 0 aliphatic heterocycles. The number of rotatable bonds is 6. The van der Waals surface area contributed by atoms with Gasteiger partial charge in [-0.1, -0.05) is 13.3 Å². The van der Waals surface area contributed by atoms with Crippen molar-refractivity contribution in [1.82, 2.24) is 19.5 Å². The minimum atomic E-state index is -0.909. The minimum absolute atomic E-state index is 0.329. The molecule has 0 aliphatic rings. The number of nitrogens with zero attached hydrogens (tertiary/aromatic N) is 4. The Kier molecular flexibility index (Phi) is 4.71. The van der Waals surface area contributed by atoms with Crippen LogP contribution < -0.4 is 0 Å². The Bertz CT molecular complexity index is 855. The summed E-state index contributed by atoms with van der Waals surface area (Å²) in [5.74, 6) is -0.909. The van der Waals surface area contributed by atoms with Gasteiger partial charge in [-0.2, -0.15) is 0 Å². The van der Waals surface area contributed by atoms with Crippen LogP contribution in [0, 0.1) is 6.92 Å². The van der Waals surface area contributed by atoms with Gasteiger partial charge in [-0.25, -0.2) is 9.78 Å². The molecule has 0 saturated heterocycles. The van der Waals surface area contributed by atoms with Crippen LogP contribution in [0.5, 0.6) is 0 Å². The third-order valence-electron chi connectivity index (χ3n) is 3.88. The standard InChI is InChI=1S/C17H18N4O2S/c1-3-4-7-21-11(2)12(17(22)23)8-15(21)14-10-24-16(20-14)13-9-18-5-6-19-13/h5-6,8-10H,3-4,7H2,1-2H3,(H,22,23). The maximum absolute atomic E-state index is 11.5. The molecule has 0 fully saturated rings. The molecule has 0 atom stereocenters. The average Bonchev–Trinajstić information content (AvgIpc) is 3.19. The van der Waals surface area contributed by atoms with Gasteiger partial charge in [0.2, 0.25) is 0 Å². The molecule has 3 aromatic rings. The number of carboxylic acid groups (broad SMARTS) is 1. The third-order valence-corrected chi connectivity index (χ3v) is 4.75. The molecule has 0 radical (unpaired) electrons. The predicted octanol–water partition coefficient (Wildman–Crippen LogP) is 3.88. The fourth-order valence-electron chi connectivity index (χ4n) is 2.60. The van der Waals surface area contributed by atoms with Gasteiger partial charge in [0, 0.05) is 30.0 Å². The van der Waals surface area contributed by atoms with E-state index in [1.54, 1.807) is 24.7 Å². The normalized spacial score (nSPS) is 10.9. The molecule has 124 valence electrons. The smallest absolute Gasteiger partial charge is 0.337 e. The summed E-state index contributed by atoms with van der Waals surface area (Å²) in [6.07, 6.45) is 6.96. The maximum atomic E-state index is 11.5. The second-order valence-corrected chi connectivity index (χ2v) is 6.33. The molecule has 24 heavy (non-hydrogen) atoms. The summed E-state index contributed by atoms with van der Waals surface area (Å²) in [6, 6.07) is 1.71. The number of carbonyl (C=O) groups is 1. The van der Waals surface area contributed by atoms with E-state index in [1.165, 1.54) is 11.3 Å². The Balaban J connectivity index is 2.04. The maximum Gasteiger partial charge on any atom is 0.337 e. The summed E-state index contributed by atoms with van der Waals surface area (Å²) < 4.78 is 2.04. The van der Waals surface area contributed by atoms with Crippen LogP contribution in [0.4, 0.5) is 0 Å². The van der Waals surface area contributed by atoms with Crippen LogP contribution in [0.1, 0.15) is 35.8 Å². The summed E-state index contributed by atoms with van der Waals surface area (Å²) in [5, 5.41) is 12.1. The number of aromatic nitrogens is 4. The molecule has 0 amide bonds. The third kappa shape index (κ3) is 3.07. The highest BCUT2D eigenvalue weighted by Crippen LogP contribution is 2.30. The molecule has 1 N–H and O–H groups in total. The Hall–Kier alpha value is -2.54. The molecular formula is C17H18N4O2S. The number of thiazole rings is 1. The monoisotopic (exact) mass is 342 g/mol. The summed E-state index contributed by atoms with van der Waals surface area (Å²) in [5.41, 5.74) is 3.42. The van der Waals surface area contributed by atoms with Crippen LogP contribution in [-0.2, 0) is 6.54 Å². The molecule has 0 aliphatic carbocycles. The summed E-state index contributed by atoms with van der Waals surface area (Å²) in [6.45, 7) is 4.74. The zero-order chi connectivity index (χ0) is 17.1. The second kappa shape index (κ2) is 6.92. The van der Waals surface area contributed by atoms with Crippen molar-refractivity contribution in [2.24, 2.45) is 0 Å². The van der Waals surface area contributed by atoms with Crippen LogP contribution in [0.3, 0.4) is 0 Å². The van der Waals surface area contributed by atoms with Crippen molar-refractivity contribution in [3.05, 3.63) is 41.3 Å². The van der Waals surface area contributed by atoms with Crippen molar-refractivity contribution < 1.29 is 9.90 Å². The van der Waals surface area contributed by atoms with E-state index >= 15 is 0 Å². The van der Waals surface area contributed by atoms with Crippen molar-refractivity contribution >= 4 is 17.3 Å². The quantitative estimate of drug-likeness (QED) is 0.735. The van der Waals surface area contributed by atoms with Crippen molar-refractivity contribution in [2.75, 3.05) is 0 Å². The Morgan fingerprint density at radius 2 is 2.17 bits per heavy atom. The topological polar surface area (TPSA) is 80.9 Å². The molecule has 6 nitrogen and oxygen atoms in total. The lowest BCUT2D eigenvalue weighted by Crippen LogP contribution is -2.04. The average molecular weight is 342 g/mol. The van der Waals surface area contributed by atoms with E-state index in [0.29, 0.717) is 5.56 Å². The van der Waals surface area contributed by atoms with Crippen LogP contribution in [0.15, 0.2) is 30.0 Å². The fourth-order valence-corrected chi connectivity index (χ4v) is 3.37. The van der Waals surface area contributed by atoms with Gasteiger partial charge in [0.1, 0.15) is 10.7 Å². The fraction of sp³-hybridized carbons (Fsp3) is 0.294. The first-order valence-electron chi connectivity index (χ1n) is 7.77. The number of carboxylic acids is 1. The van der Waals surface area contributed by atoms with Gasteiger partial charge >= 0.3 is 5.97 Å². The second-order valence-electron chi connectivity index (χ2n) is 5.47. The lowest BCUT2D eigenvalue weighted by atomic mass is 10.2. The number of unbranched alkanes of at least 4 members (excludes halogenated alkanes) is 1. The largest absolute Gasteiger partial charge is 0.478 e. The van der Waals surface area contributed by atoms with Crippen LogP contribution >= 0.6 is 11.3 Å². The van der Waals surface area contributed by atoms with E-state index in [4.69, 9.17) is 0 Å². The summed E-state index contributed by atoms with van der Waals surface area (Å²) in [4.78, 5) is 24.4. The highest BCUT2D eigenvalue weighted by molar-refractivity contribution is 7.13. The summed E-state index contributed by atoms with van der Waals surface area (Å²) >= 11 is 1.48. The molecule has 0 bridgehead atoms. The molecule has 0 aromatic carbocycles. The van der Waals surface area contributed by atoms with Crippen molar-refractivity contribution in [3.63, 3.8) is 0 Å². The predicted molar refractivity (Wildman–Crippen MR) is 93.2 cm³/mol. The molecule has 7 heteroatoms. The first-order valence-corrected chi connectivity index (χ1v) is 8.65. The first-order chi connectivity index (χ1) is 11.6. The molecule has 3 rings (SSSR count). The number of hydrogen-bond acceptors (Lipinski definition) is 5. The molecule has 0 unspecified atom stereocenters. The van der Waals surface area contributed by atoms with E-state index in [-0.39, 0.29) is 0 Å². The SMILES string of the molecule is CCCCn1c(-c2csc(-c3cnccn3)n2)cc(C(=O)O)c1C. The van der Waals surface area contributed by atoms with Crippen molar-refractivity contribution in [3.8, 4) is 22.1 Å². The van der Waals surface area contributed by atoms with Crippen LogP contribution in [0.2, 0.25) is 0 Å². The van der Waals surface area contributed by atoms with E-state index in [1.807, 2.05) is 16.9 Å². The number of hydrogen-bond donors (Lipinski definition) is 1. The van der Waals surface area contributed by atoms with E-state index < -0.39 is 5.97 Å². The molecule has 0 spiro atoms. The molecule has 3 aromatic heterocycles. The van der Waals surface area contributed by atoms with Gasteiger partial charge < -0.3 is 9.67 Å². The lowest BCUT2D eigenvalue weighted by Gasteiger charge is -2.09.